The van der Waals surface area contributed by atoms with E-state index in [1.54, 1.807) is 0 Å². The van der Waals surface area contributed by atoms with E-state index in [4.69, 9.17) is 5.11 Å². The van der Waals surface area contributed by atoms with E-state index in [1.807, 2.05) is 0 Å². The highest BCUT2D eigenvalue weighted by atomic mass is 19.4. The van der Waals surface area contributed by atoms with Crippen molar-refractivity contribution in [3.05, 3.63) is 0 Å². The van der Waals surface area contributed by atoms with E-state index >= 15 is 0 Å². The van der Waals surface area contributed by atoms with E-state index in [9.17, 15) is 18.0 Å². The lowest BCUT2D eigenvalue weighted by molar-refractivity contribution is -0.141. The van der Waals surface area contributed by atoms with Gasteiger partial charge in [-0.15, -0.1) is 0 Å². The molecule has 0 aliphatic heterocycles. The van der Waals surface area contributed by atoms with Crippen LogP contribution in [0.5, 0.6) is 0 Å². The molecule has 0 aromatic rings. The largest absolute Gasteiger partial charge is 0.481 e. The third-order valence-corrected chi connectivity index (χ3v) is 1.46. The number of rotatable bonds is 5. The summed E-state index contributed by atoms with van der Waals surface area (Å²) in [4.78, 5) is 10.2. The van der Waals surface area contributed by atoms with E-state index < -0.39 is 24.5 Å². The molecule has 6 heteroatoms. The van der Waals surface area contributed by atoms with Crippen LogP contribution in [0, 0.1) is 5.92 Å². The van der Waals surface area contributed by atoms with Crippen LogP contribution in [0.2, 0.25) is 0 Å². The van der Waals surface area contributed by atoms with Gasteiger partial charge >= 0.3 is 12.1 Å². The molecule has 3 nitrogen and oxygen atoms in total. The SMILES string of the molecule is CC(CNCCC(F)(F)F)C(=O)O. The number of carbonyl (C=O) groups is 1. The molecule has 2 N–H and O–H groups in total. The second kappa shape index (κ2) is 5.06. The Morgan fingerprint density at radius 1 is 1.54 bits per heavy atom. The highest BCUT2D eigenvalue weighted by Gasteiger charge is 2.26. The summed E-state index contributed by atoms with van der Waals surface area (Å²) < 4.78 is 34.7. The van der Waals surface area contributed by atoms with Crippen molar-refractivity contribution in [2.24, 2.45) is 5.92 Å². The summed E-state index contributed by atoms with van der Waals surface area (Å²) in [5, 5.41) is 10.8. The standard InChI is InChI=1S/C7H12F3NO2/c1-5(6(12)13)4-11-3-2-7(8,9)10/h5,11H,2-4H2,1H3,(H,12,13). The van der Waals surface area contributed by atoms with E-state index in [2.05, 4.69) is 5.32 Å². The second-order valence-corrected chi connectivity index (χ2v) is 2.81. The summed E-state index contributed by atoms with van der Waals surface area (Å²) in [6.45, 7) is 1.26. The fourth-order valence-electron chi connectivity index (χ4n) is 0.636. The highest BCUT2D eigenvalue weighted by molar-refractivity contribution is 5.69. The van der Waals surface area contributed by atoms with Crippen molar-refractivity contribution in [1.82, 2.24) is 5.32 Å². The summed E-state index contributed by atoms with van der Waals surface area (Å²) in [6, 6.07) is 0. The van der Waals surface area contributed by atoms with Gasteiger partial charge in [-0.05, 0) is 0 Å². The minimum Gasteiger partial charge on any atom is -0.481 e. The van der Waals surface area contributed by atoms with Crippen molar-refractivity contribution in [2.75, 3.05) is 13.1 Å². The molecule has 0 aromatic heterocycles. The summed E-state index contributed by atoms with van der Waals surface area (Å²) in [6.07, 6.45) is -5.11. The molecule has 0 spiro atoms. The first-order valence-corrected chi connectivity index (χ1v) is 3.83. The predicted octanol–water partition coefficient (Wildman–Crippen LogP) is 1.25. The number of alkyl halides is 3. The van der Waals surface area contributed by atoms with Crippen LogP contribution in [0.1, 0.15) is 13.3 Å². The van der Waals surface area contributed by atoms with Crippen LogP contribution in [0.4, 0.5) is 13.2 Å². The van der Waals surface area contributed by atoms with E-state index in [-0.39, 0.29) is 13.1 Å². The molecular weight excluding hydrogens is 187 g/mol. The number of carboxylic acids is 1. The molecule has 0 radical (unpaired) electrons. The number of nitrogens with one attached hydrogen (secondary N) is 1. The minimum atomic E-state index is -4.18. The third kappa shape index (κ3) is 7.58. The van der Waals surface area contributed by atoms with Gasteiger partial charge in [0.05, 0.1) is 12.3 Å². The van der Waals surface area contributed by atoms with Gasteiger partial charge in [0.1, 0.15) is 0 Å². The Bertz CT molecular complexity index is 170. The Labute approximate surface area is 73.9 Å². The molecule has 0 bridgehead atoms. The number of carboxylic acid groups (broad SMARTS) is 1. The van der Waals surface area contributed by atoms with Crippen molar-refractivity contribution >= 4 is 5.97 Å². The van der Waals surface area contributed by atoms with Gasteiger partial charge in [-0.2, -0.15) is 13.2 Å². The molecule has 0 heterocycles. The van der Waals surface area contributed by atoms with Crippen molar-refractivity contribution < 1.29 is 23.1 Å². The molecule has 0 aliphatic carbocycles. The fourth-order valence-corrected chi connectivity index (χ4v) is 0.636. The number of hydrogen-bond donors (Lipinski definition) is 2. The summed E-state index contributed by atoms with van der Waals surface area (Å²) in [5.41, 5.74) is 0. The smallest absolute Gasteiger partial charge is 0.390 e. The Kier molecular flexibility index (Phi) is 4.76. The molecule has 0 aliphatic rings. The molecule has 0 saturated carbocycles. The van der Waals surface area contributed by atoms with E-state index in [1.165, 1.54) is 6.92 Å². The summed E-state index contributed by atoms with van der Waals surface area (Å²) in [7, 11) is 0. The number of aliphatic carboxylic acids is 1. The first kappa shape index (κ1) is 12.2. The zero-order chi connectivity index (χ0) is 10.5. The average Bonchev–Trinajstić information content (AvgIpc) is 1.95. The number of hydrogen-bond acceptors (Lipinski definition) is 2. The zero-order valence-corrected chi connectivity index (χ0v) is 7.19. The monoisotopic (exact) mass is 199 g/mol. The number of halogens is 3. The molecule has 1 atom stereocenters. The molecule has 13 heavy (non-hydrogen) atoms. The first-order valence-electron chi connectivity index (χ1n) is 3.83. The van der Waals surface area contributed by atoms with Crippen molar-refractivity contribution in [3.63, 3.8) is 0 Å². The summed E-state index contributed by atoms with van der Waals surface area (Å²) in [5.74, 6) is -1.67. The van der Waals surface area contributed by atoms with Crippen LogP contribution < -0.4 is 5.32 Å². The van der Waals surface area contributed by atoms with Crippen LogP contribution in [-0.4, -0.2) is 30.3 Å². The van der Waals surface area contributed by atoms with Crippen molar-refractivity contribution in [2.45, 2.75) is 19.5 Å². The van der Waals surface area contributed by atoms with Crippen LogP contribution in [0.15, 0.2) is 0 Å². The van der Waals surface area contributed by atoms with Crippen molar-refractivity contribution in [1.29, 1.82) is 0 Å². The molecule has 0 rings (SSSR count). The first-order chi connectivity index (χ1) is 5.83. The van der Waals surface area contributed by atoms with Gasteiger partial charge in [0, 0.05) is 13.1 Å². The minimum absolute atomic E-state index is 0.0609. The van der Waals surface area contributed by atoms with Gasteiger partial charge in [0.15, 0.2) is 0 Å². The second-order valence-electron chi connectivity index (χ2n) is 2.81. The quantitative estimate of drug-likeness (QED) is 0.655. The Morgan fingerprint density at radius 3 is 2.46 bits per heavy atom. The molecular formula is C7H12F3NO2. The van der Waals surface area contributed by atoms with Gasteiger partial charge in [-0.3, -0.25) is 4.79 Å². The molecule has 78 valence electrons. The molecule has 0 aromatic carbocycles. The predicted molar refractivity (Wildman–Crippen MR) is 40.3 cm³/mol. The lowest BCUT2D eigenvalue weighted by Crippen LogP contribution is -2.29. The average molecular weight is 199 g/mol. The molecule has 0 amide bonds. The van der Waals surface area contributed by atoms with Crippen LogP contribution >= 0.6 is 0 Å². The Morgan fingerprint density at radius 2 is 2.08 bits per heavy atom. The van der Waals surface area contributed by atoms with Crippen molar-refractivity contribution in [3.8, 4) is 0 Å². The lowest BCUT2D eigenvalue weighted by Gasteiger charge is -2.09. The lowest BCUT2D eigenvalue weighted by atomic mass is 10.2. The molecule has 0 fully saturated rings. The van der Waals surface area contributed by atoms with Crippen LogP contribution in [0.25, 0.3) is 0 Å². The van der Waals surface area contributed by atoms with E-state index in [0.717, 1.165) is 0 Å². The highest BCUT2D eigenvalue weighted by Crippen LogP contribution is 2.18. The third-order valence-electron chi connectivity index (χ3n) is 1.46. The van der Waals surface area contributed by atoms with Gasteiger partial charge in [-0.25, -0.2) is 0 Å². The van der Waals surface area contributed by atoms with Gasteiger partial charge in [0.25, 0.3) is 0 Å². The van der Waals surface area contributed by atoms with Crippen LogP contribution in [0.3, 0.4) is 0 Å². The Balaban J connectivity index is 3.41. The van der Waals surface area contributed by atoms with Crippen LogP contribution in [-0.2, 0) is 4.79 Å². The van der Waals surface area contributed by atoms with Gasteiger partial charge in [0.2, 0.25) is 0 Å². The summed E-state index contributed by atoms with van der Waals surface area (Å²) >= 11 is 0. The Hall–Kier alpha value is -0.780. The maximum Gasteiger partial charge on any atom is 0.390 e. The van der Waals surface area contributed by atoms with Gasteiger partial charge in [-0.1, -0.05) is 6.92 Å². The maximum atomic E-state index is 11.6. The molecule has 1 unspecified atom stereocenters. The normalized spacial score (nSPS) is 14.2. The zero-order valence-electron chi connectivity index (χ0n) is 7.19. The van der Waals surface area contributed by atoms with E-state index in [0.29, 0.717) is 0 Å². The molecule has 0 saturated heterocycles. The topological polar surface area (TPSA) is 49.3 Å². The fraction of sp³-hybridized carbons (Fsp3) is 0.857. The maximum absolute atomic E-state index is 11.6. The van der Waals surface area contributed by atoms with Gasteiger partial charge < -0.3 is 10.4 Å².